The minimum atomic E-state index is -0.505. The van der Waals surface area contributed by atoms with Crippen LogP contribution in [0.1, 0.15) is 24.1 Å². The highest BCUT2D eigenvalue weighted by Crippen LogP contribution is 2.36. The molecule has 8 nitrogen and oxygen atoms in total. The van der Waals surface area contributed by atoms with Crippen LogP contribution in [0.4, 0.5) is 27.4 Å². The van der Waals surface area contributed by atoms with Crippen LogP contribution in [0.25, 0.3) is 21.9 Å². The molecule has 0 saturated carbocycles. The molecule has 4 heterocycles. The number of nitrogens with two attached hydrogens (primary N) is 2. The van der Waals surface area contributed by atoms with Gasteiger partial charge in [0.1, 0.15) is 11.7 Å². The lowest BCUT2D eigenvalue weighted by molar-refractivity contribution is 0.511. The van der Waals surface area contributed by atoms with Crippen molar-refractivity contribution < 1.29 is 4.39 Å². The Labute approximate surface area is 195 Å². The van der Waals surface area contributed by atoms with Gasteiger partial charge < -0.3 is 16.8 Å². The van der Waals surface area contributed by atoms with Gasteiger partial charge in [-0.2, -0.15) is 5.10 Å². The number of pyridine rings is 2. The van der Waals surface area contributed by atoms with Gasteiger partial charge in [-0.3, -0.25) is 14.0 Å². The maximum absolute atomic E-state index is 15.1. The number of nitrogen functional groups attached to an aromatic ring is 2. The molecular weight excluding hydrogens is 439 g/mol. The van der Waals surface area contributed by atoms with Gasteiger partial charge in [0, 0.05) is 53.1 Å². The van der Waals surface area contributed by atoms with E-state index in [2.05, 4.69) is 39.6 Å². The van der Waals surface area contributed by atoms with E-state index >= 15 is 4.39 Å². The second kappa shape index (κ2) is 8.20. The van der Waals surface area contributed by atoms with Crippen molar-refractivity contribution in [3.8, 4) is 11.1 Å². The van der Waals surface area contributed by atoms with Crippen LogP contribution in [-0.2, 0) is 5.88 Å². The SMILES string of the molecule is Cc1c(N)cncc1-c1cc2cc(Nc3cc4n(n3)CSN(C)CC4C)ncc2c(N)c1F. The molecule has 4 aromatic rings. The molecule has 170 valence electrons. The van der Waals surface area contributed by atoms with Gasteiger partial charge in [0.15, 0.2) is 11.6 Å². The number of nitrogens with one attached hydrogen (secondary N) is 1. The Morgan fingerprint density at radius 2 is 1.94 bits per heavy atom. The van der Waals surface area contributed by atoms with E-state index in [1.807, 2.05) is 17.7 Å². The van der Waals surface area contributed by atoms with Crippen LogP contribution in [-0.4, -0.2) is 37.6 Å². The maximum Gasteiger partial charge on any atom is 0.154 e. The number of anilines is 4. The van der Waals surface area contributed by atoms with E-state index < -0.39 is 5.82 Å². The van der Waals surface area contributed by atoms with E-state index in [1.165, 1.54) is 5.69 Å². The first-order valence-electron chi connectivity index (χ1n) is 10.6. The van der Waals surface area contributed by atoms with Crippen molar-refractivity contribution in [2.75, 3.05) is 30.4 Å². The number of hydrogen-bond acceptors (Lipinski definition) is 8. The van der Waals surface area contributed by atoms with Crippen molar-refractivity contribution in [3.63, 3.8) is 0 Å². The van der Waals surface area contributed by atoms with Crippen molar-refractivity contribution in [1.29, 1.82) is 0 Å². The average Bonchev–Trinajstić information content (AvgIpc) is 3.14. The Kier molecular flexibility index (Phi) is 5.34. The molecule has 0 amide bonds. The molecule has 0 radical (unpaired) electrons. The zero-order valence-electron chi connectivity index (χ0n) is 18.6. The molecule has 0 saturated heterocycles. The van der Waals surface area contributed by atoms with Gasteiger partial charge in [-0.15, -0.1) is 0 Å². The predicted octanol–water partition coefficient (Wildman–Crippen LogP) is 4.50. The van der Waals surface area contributed by atoms with Crippen molar-refractivity contribution in [2.45, 2.75) is 25.6 Å². The Hall–Kier alpha value is -3.37. The predicted molar refractivity (Wildman–Crippen MR) is 133 cm³/mol. The molecular formula is C23H25FN8S. The molecule has 1 aliphatic rings. The summed E-state index contributed by atoms with van der Waals surface area (Å²) >= 11 is 1.74. The number of likely N-dealkylation sites (N-methyl/N-ethyl adjacent to an activating group) is 1. The van der Waals surface area contributed by atoms with Crippen LogP contribution in [0.3, 0.4) is 0 Å². The molecule has 0 bridgehead atoms. The van der Waals surface area contributed by atoms with E-state index in [4.69, 9.17) is 16.6 Å². The number of nitrogens with zero attached hydrogens (tertiary/aromatic N) is 5. The lowest BCUT2D eigenvalue weighted by atomic mass is 9.97. The Balaban J connectivity index is 1.53. The first kappa shape index (κ1) is 21.5. The zero-order chi connectivity index (χ0) is 23.3. The van der Waals surface area contributed by atoms with Crippen LogP contribution in [0.2, 0.25) is 0 Å². The Bertz CT molecular complexity index is 1370. The maximum atomic E-state index is 15.1. The number of benzene rings is 1. The van der Waals surface area contributed by atoms with Gasteiger partial charge in [-0.05, 0) is 37.1 Å². The first-order chi connectivity index (χ1) is 15.8. The molecule has 0 aliphatic carbocycles. The van der Waals surface area contributed by atoms with Gasteiger partial charge in [0.05, 0.1) is 17.6 Å². The van der Waals surface area contributed by atoms with Gasteiger partial charge in [-0.1, -0.05) is 18.9 Å². The van der Waals surface area contributed by atoms with Crippen LogP contribution >= 0.6 is 11.9 Å². The number of fused-ring (bicyclic) bond motifs is 2. The number of hydrogen-bond donors (Lipinski definition) is 3. The van der Waals surface area contributed by atoms with E-state index in [0.717, 1.165) is 29.2 Å². The van der Waals surface area contributed by atoms with Gasteiger partial charge in [0.2, 0.25) is 0 Å². The summed E-state index contributed by atoms with van der Waals surface area (Å²) in [6.07, 6.45) is 4.74. The third-order valence-corrected chi connectivity index (χ3v) is 7.00. The van der Waals surface area contributed by atoms with Crippen molar-refractivity contribution in [2.24, 2.45) is 0 Å². The highest BCUT2D eigenvalue weighted by atomic mass is 32.2. The number of halogens is 1. The third-order valence-electron chi connectivity index (χ3n) is 6.05. The highest BCUT2D eigenvalue weighted by Gasteiger charge is 2.21. The minimum Gasteiger partial charge on any atom is -0.397 e. The van der Waals surface area contributed by atoms with Crippen LogP contribution in [0.5, 0.6) is 0 Å². The fourth-order valence-electron chi connectivity index (χ4n) is 4.18. The molecule has 3 aromatic heterocycles. The van der Waals surface area contributed by atoms with Crippen LogP contribution < -0.4 is 16.8 Å². The number of rotatable bonds is 3. The normalized spacial score (nSPS) is 16.5. The molecule has 1 aliphatic heterocycles. The average molecular weight is 465 g/mol. The summed E-state index contributed by atoms with van der Waals surface area (Å²) in [5, 5.41) is 9.29. The Morgan fingerprint density at radius 3 is 2.76 bits per heavy atom. The fourth-order valence-corrected chi connectivity index (χ4v) is 5.03. The molecule has 5 N–H and O–H groups in total. The summed E-state index contributed by atoms with van der Waals surface area (Å²) in [6.45, 7) is 4.99. The van der Waals surface area contributed by atoms with E-state index in [9.17, 15) is 0 Å². The third kappa shape index (κ3) is 3.85. The largest absolute Gasteiger partial charge is 0.397 e. The van der Waals surface area contributed by atoms with Crippen molar-refractivity contribution in [3.05, 3.63) is 53.9 Å². The summed E-state index contributed by atoms with van der Waals surface area (Å²) in [6, 6.07) is 5.66. The van der Waals surface area contributed by atoms with Crippen LogP contribution in [0.15, 0.2) is 36.8 Å². The zero-order valence-corrected chi connectivity index (χ0v) is 19.4. The molecule has 1 aromatic carbocycles. The summed E-state index contributed by atoms with van der Waals surface area (Å²) in [7, 11) is 2.09. The topological polar surface area (TPSA) is 111 Å². The molecule has 0 spiro atoms. The van der Waals surface area contributed by atoms with Gasteiger partial charge >= 0.3 is 0 Å². The molecule has 10 heteroatoms. The minimum absolute atomic E-state index is 0.0482. The van der Waals surface area contributed by atoms with Crippen molar-refractivity contribution >= 4 is 45.7 Å². The van der Waals surface area contributed by atoms with E-state index in [0.29, 0.717) is 33.9 Å². The van der Waals surface area contributed by atoms with Gasteiger partial charge in [-0.25, -0.2) is 9.37 Å². The van der Waals surface area contributed by atoms with E-state index in [1.54, 1.807) is 36.6 Å². The summed E-state index contributed by atoms with van der Waals surface area (Å²) < 4.78 is 19.4. The lowest BCUT2D eigenvalue weighted by Gasteiger charge is -2.14. The second-order valence-electron chi connectivity index (χ2n) is 8.39. The quantitative estimate of drug-likeness (QED) is 0.300. The molecule has 1 unspecified atom stereocenters. The smallest absolute Gasteiger partial charge is 0.154 e. The van der Waals surface area contributed by atoms with Gasteiger partial charge in [0.25, 0.3) is 0 Å². The lowest BCUT2D eigenvalue weighted by Crippen LogP contribution is -2.14. The summed E-state index contributed by atoms with van der Waals surface area (Å²) in [5.41, 5.74) is 15.6. The first-order valence-corrected chi connectivity index (χ1v) is 11.5. The van der Waals surface area contributed by atoms with Crippen LogP contribution in [0, 0.1) is 12.7 Å². The highest BCUT2D eigenvalue weighted by molar-refractivity contribution is 7.96. The van der Waals surface area contributed by atoms with E-state index in [-0.39, 0.29) is 5.69 Å². The Morgan fingerprint density at radius 1 is 1.12 bits per heavy atom. The van der Waals surface area contributed by atoms with Crippen molar-refractivity contribution in [1.82, 2.24) is 24.1 Å². The second-order valence-corrected chi connectivity index (χ2v) is 9.53. The summed E-state index contributed by atoms with van der Waals surface area (Å²) in [5.74, 6) is 1.94. The standard InChI is InChI=1S/C23H25FN8S/c1-12-10-31(3)33-11-32-19(12)6-21(30-32)29-20-5-14-4-15(16-7-27-9-18(25)13(16)2)22(24)23(26)17(14)8-28-20/h4-9,12H,10-11,25-26H2,1-3H3,(H,28,29,30). The monoisotopic (exact) mass is 464 g/mol. The summed E-state index contributed by atoms with van der Waals surface area (Å²) in [4.78, 5) is 8.56. The molecule has 1 atom stereocenters. The number of aromatic nitrogens is 4. The fraction of sp³-hybridized carbons (Fsp3) is 0.261. The molecule has 5 rings (SSSR count). The molecule has 0 fully saturated rings. The molecule has 33 heavy (non-hydrogen) atoms.